The summed E-state index contributed by atoms with van der Waals surface area (Å²) in [6.07, 6.45) is 5.39. The number of rotatable bonds is 4. The molecule has 2 aromatic rings. The molecule has 2 heterocycles. The maximum atomic E-state index is 11.5. The molecule has 1 fully saturated rings. The molecular formula is C20H24N2O2. The summed E-state index contributed by atoms with van der Waals surface area (Å²) in [4.78, 5) is 18.0. The third kappa shape index (κ3) is 3.49. The van der Waals surface area contributed by atoms with E-state index in [0.29, 0.717) is 6.54 Å². The van der Waals surface area contributed by atoms with E-state index in [2.05, 4.69) is 54.1 Å². The molecule has 3 rings (SSSR count). The second kappa shape index (κ2) is 7.14. The Bertz CT molecular complexity index is 712. The SMILES string of the molecule is Cc1ccc(C(c2ccncc2C)N2CCCC(C(=O)O)C2)cc1. The lowest BCUT2D eigenvalue weighted by atomic mass is 9.90. The number of piperidine rings is 1. The summed E-state index contributed by atoms with van der Waals surface area (Å²) in [7, 11) is 0. The molecule has 0 aliphatic carbocycles. The molecule has 0 bridgehead atoms. The van der Waals surface area contributed by atoms with Crippen molar-refractivity contribution in [3.63, 3.8) is 0 Å². The van der Waals surface area contributed by atoms with E-state index in [0.717, 1.165) is 24.9 Å². The molecule has 0 spiro atoms. The second-order valence-corrected chi connectivity index (χ2v) is 6.72. The molecule has 1 aromatic heterocycles. The van der Waals surface area contributed by atoms with Crippen molar-refractivity contribution in [1.82, 2.24) is 9.88 Å². The van der Waals surface area contributed by atoms with Crippen molar-refractivity contribution in [2.45, 2.75) is 32.7 Å². The number of hydrogen-bond donors (Lipinski definition) is 1. The molecule has 2 unspecified atom stereocenters. The Morgan fingerprint density at radius 2 is 2.00 bits per heavy atom. The van der Waals surface area contributed by atoms with Gasteiger partial charge in [0, 0.05) is 18.9 Å². The molecule has 0 radical (unpaired) electrons. The van der Waals surface area contributed by atoms with Gasteiger partial charge in [0.15, 0.2) is 0 Å². The molecule has 1 aromatic carbocycles. The zero-order valence-electron chi connectivity index (χ0n) is 14.3. The molecule has 24 heavy (non-hydrogen) atoms. The van der Waals surface area contributed by atoms with E-state index < -0.39 is 5.97 Å². The van der Waals surface area contributed by atoms with Gasteiger partial charge in [-0.1, -0.05) is 29.8 Å². The zero-order valence-corrected chi connectivity index (χ0v) is 14.3. The number of pyridine rings is 1. The van der Waals surface area contributed by atoms with Crippen LogP contribution in [-0.4, -0.2) is 34.0 Å². The van der Waals surface area contributed by atoms with Gasteiger partial charge < -0.3 is 5.11 Å². The van der Waals surface area contributed by atoms with Gasteiger partial charge in [0.05, 0.1) is 12.0 Å². The second-order valence-electron chi connectivity index (χ2n) is 6.72. The van der Waals surface area contributed by atoms with Crippen molar-refractivity contribution >= 4 is 5.97 Å². The number of benzene rings is 1. The number of aryl methyl sites for hydroxylation is 2. The number of carboxylic acids is 1. The monoisotopic (exact) mass is 324 g/mol. The topological polar surface area (TPSA) is 53.4 Å². The van der Waals surface area contributed by atoms with Crippen molar-refractivity contribution in [3.05, 3.63) is 65.0 Å². The van der Waals surface area contributed by atoms with Gasteiger partial charge in [-0.15, -0.1) is 0 Å². The van der Waals surface area contributed by atoms with Crippen LogP contribution in [0, 0.1) is 19.8 Å². The van der Waals surface area contributed by atoms with Gasteiger partial charge >= 0.3 is 5.97 Å². The first-order chi connectivity index (χ1) is 11.6. The quantitative estimate of drug-likeness (QED) is 0.934. The van der Waals surface area contributed by atoms with E-state index in [1.807, 2.05) is 12.4 Å². The molecule has 4 nitrogen and oxygen atoms in total. The standard InChI is InChI=1S/C20H24N2O2/c1-14-5-7-16(8-6-14)19(18-9-10-21-12-15(18)2)22-11-3-4-17(13-22)20(23)24/h5-10,12,17,19H,3-4,11,13H2,1-2H3,(H,23,24). The number of nitrogens with zero attached hydrogens (tertiary/aromatic N) is 2. The van der Waals surface area contributed by atoms with Crippen LogP contribution >= 0.6 is 0 Å². The molecule has 1 N–H and O–H groups in total. The first-order valence-corrected chi connectivity index (χ1v) is 8.50. The zero-order chi connectivity index (χ0) is 17.1. The van der Waals surface area contributed by atoms with Gasteiger partial charge in [0.2, 0.25) is 0 Å². The van der Waals surface area contributed by atoms with Gasteiger partial charge in [0.1, 0.15) is 0 Å². The Morgan fingerprint density at radius 3 is 2.67 bits per heavy atom. The van der Waals surface area contributed by atoms with Gasteiger partial charge in [-0.05, 0) is 56.0 Å². The number of aromatic nitrogens is 1. The van der Waals surface area contributed by atoms with Crippen molar-refractivity contribution in [1.29, 1.82) is 0 Å². The number of carbonyl (C=O) groups is 1. The summed E-state index contributed by atoms with van der Waals surface area (Å²) in [6, 6.07) is 10.7. The minimum absolute atomic E-state index is 0.0794. The number of hydrogen-bond acceptors (Lipinski definition) is 3. The summed E-state index contributed by atoms with van der Waals surface area (Å²) in [5.74, 6) is -0.970. The molecule has 126 valence electrons. The van der Waals surface area contributed by atoms with Gasteiger partial charge in [-0.25, -0.2) is 0 Å². The molecule has 0 amide bonds. The number of aliphatic carboxylic acids is 1. The van der Waals surface area contributed by atoms with Crippen LogP contribution in [0.3, 0.4) is 0 Å². The lowest BCUT2D eigenvalue weighted by Gasteiger charge is -2.38. The maximum absolute atomic E-state index is 11.5. The van der Waals surface area contributed by atoms with Gasteiger partial charge in [-0.2, -0.15) is 0 Å². The van der Waals surface area contributed by atoms with Crippen LogP contribution in [0.1, 0.15) is 41.1 Å². The fourth-order valence-corrected chi connectivity index (χ4v) is 3.57. The van der Waals surface area contributed by atoms with Gasteiger partial charge in [0.25, 0.3) is 0 Å². The van der Waals surface area contributed by atoms with Crippen molar-refractivity contribution < 1.29 is 9.90 Å². The Balaban J connectivity index is 2.00. The van der Waals surface area contributed by atoms with E-state index in [9.17, 15) is 9.90 Å². The Labute approximate surface area is 143 Å². The van der Waals surface area contributed by atoms with Crippen LogP contribution in [0.25, 0.3) is 0 Å². The van der Waals surface area contributed by atoms with Crippen molar-refractivity contribution in [2.75, 3.05) is 13.1 Å². The fourth-order valence-electron chi connectivity index (χ4n) is 3.57. The Morgan fingerprint density at radius 1 is 1.25 bits per heavy atom. The Hall–Kier alpha value is -2.20. The normalized spacial score (nSPS) is 19.8. The average Bonchev–Trinajstić information content (AvgIpc) is 2.59. The number of carboxylic acid groups (broad SMARTS) is 1. The van der Waals surface area contributed by atoms with Crippen molar-refractivity contribution in [2.24, 2.45) is 5.92 Å². The number of likely N-dealkylation sites (tertiary alicyclic amines) is 1. The van der Waals surface area contributed by atoms with E-state index in [1.54, 1.807) is 0 Å². The van der Waals surface area contributed by atoms with Crippen LogP contribution < -0.4 is 0 Å². The van der Waals surface area contributed by atoms with E-state index in [1.165, 1.54) is 16.7 Å². The lowest BCUT2D eigenvalue weighted by Crippen LogP contribution is -2.41. The van der Waals surface area contributed by atoms with E-state index in [-0.39, 0.29) is 12.0 Å². The van der Waals surface area contributed by atoms with Crippen molar-refractivity contribution in [3.8, 4) is 0 Å². The van der Waals surface area contributed by atoms with Crippen LogP contribution in [0.4, 0.5) is 0 Å². The maximum Gasteiger partial charge on any atom is 0.307 e. The molecule has 1 aliphatic heterocycles. The third-order valence-electron chi connectivity index (χ3n) is 4.92. The third-order valence-corrected chi connectivity index (χ3v) is 4.92. The van der Waals surface area contributed by atoms with Crippen LogP contribution in [-0.2, 0) is 4.79 Å². The molecule has 0 saturated carbocycles. The smallest absolute Gasteiger partial charge is 0.307 e. The summed E-state index contributed by atoms with van der Waals surface area (Å²) in [5.41, 5.74) is 4.78. The highest BCUT2D eigenvalue weighted by Crippen LogP contribution is 2.34. The fraction of sp³-hybridized carbons (Fsp3) is 0.400. The summed E-state index contributed by atoms with van der Waals surface area (Å²) < 4.78 is 0. The van der Waals surface area contributed by atoms with Crippen LogP contribution in [0.2, 0.25) is 0 Å². The summed E-state index contributed by atoms with van der Waals surface area (Å²) >= 11 is 0. The highest BCUT2D eigenvalue weighted by atomic mass is 16.4. The highest BCUT2D eigenvalue weighted by molar-refractivity contribution is 5.70. The molecule has 4 heteroatoms. The van der Waals surface area contributed by atoms with Crippen LogP contribution in [0.5, 0.6) is 0 Å². The first kappa shape index (κ1) is 16.7. The largest absolute Gasteiger partial charge is 0.481 e. The predicted molar refractivity (Wildman–Crippen MR) is 93.9 cm³/mol. The minimum atomic E-state index is -0.686. The summed E-state index contributed by atoms with van der Waals surface area (Å²) in [6.45, 7) is 5.67. The molecule has 1 saturated heterocycles. The molecule has 2 atom stereocenters. The summed E-state index contributed by atoms with van der Waals surface area (Å²) in [5, 5.41) is 9.43. The van der Waals surface area contributed by atoms with E-state index in [4.69, 9.17) is 0 Å². The lowest BCUT2D eigenvalue weighted by molar-refractivity contribution is -0.143. The minimum Gasteiger partial charge on any atom is -0.481 e. The Kier molecular flexibility index (Phi) is 4.95. The predicted octanol–water partition coefficient (Wildman–Crippen LogP) is 3.58. The van der Waals surface area contributed by atoms with E-state index >= 15 is 0 Å². The first-order valence-electron chi connectivity index (χ1n) is 8.50. The highest BCUT2D eigenvalue weighted by Gasteiger charge is 2.31. The molecular weight excluding hydrogens is 300 g/mol. The van der Waals surface area contributed by atoms with Crippen LogP contribution in [0.15, 0.2) is 42.7 Å². The van der Waals surface area contributed by atoms with Gasteiger partial charge in [-0.3, -0.25) is 14.7 Å². The average molecular weight is 324 g/mol. The molecule has 1 aliphatic rings.